The molecule has 0 atom stereocenters. The fraction of sp³-hybridized carbons (Fsp3) is 0.400. The number of halogens is 1. The van der Waals surface area contributed by atoms with Crippen molar-refractivity contribution in [1.29, 1.82) is 0 Å². The Balaban J connectivity index is 2.97. The number of anilines is 1. The molecule has 0 bridgehead atoms. The van der Waals surface area contributed by atoms with E-state index in [1.807, 2.05) is 6.92 Å². The lowest BCUT2D eigenvalue weighted by atomic mass is 10.1. The maximum atomic E-state index is 11.0. The van der Waals surface area contributed by atoms with Crippen molar-refractivity contribution in [3.63, 3.8) is 0 Å². The number of hydrogen-bond acceptors (Lipinski definition) is 2. The molecule has 0 saturated carbocycles. The Morgan fingerprint density at radius 2 is 2.07 bits per heavy atom. The molecule has 1 aromatic rings. The normalized spacial score (nSPS) is 11.4. The summed E-state index contributed by atoms with van der Waals surface area (Å²) in [6.07, 6.45) is 2.95. The summed E-state index contributed by atoms with van der Waals surface area (Å²) >= 11 is 5.97. The van der Waals surface area contributed by atoms with Gasteiger partial charge in [-0.25, -0.2) is 8.42 Å². The van der Waals surface area contributed by atoms with Crippen LogP contribution in [-0.4, -0.2) is 14.7 Å². The molecule has 0 amide bonds. The highest BCUT2D eigenvalue weighted by molar-refractivity contribution is 7.92. The van der Waals surface area contributed by atoms with Crippen LogP contribution in [0.2, 0.25) is 5.02 Å². The molecule has 0 aromatic heterocycles. The molecule has 3 nitrogen and oxygen atoms in total. The monoisotopic (exact) mass is 247 g/mol. The molecule has 0 unspecified atom stereocenters. The molecule has 0 spiro atoms. The third-order valence-corrected chi connectivity index (χ3v) is 2.84. The topological polar surface area (TPSA) is 46.2 Å². The summed E-state index contributed by atoms with van der Waals surface area (Å²) in [7, 11) is -3.21. The summed E-state index contributed by atoms with van der Waals surface area (Å²) in [5.74, 6) is 0. The number of aryl methyl sites for hydroxylation is 1. The Bertz CT molecular complexity index is 443. The van der Waals surface area contributed by atoms with Gasteiger partial charge in [-0.05, 0) is 30.2 Å². The van der Waals surface area contributed by atoms with Crippen LogP contribution in [0.15, 0.2) is 18.2 Å². The largest absolute Gasteiger partial charge is 0.284 e. The first kappa shape index (κ1) is 12.3. The number of benzene rings is 1. The molecule has 0 heterocycles. The highest BCUT2D eigenvalue weighted by atomic mass is 35.5. The highest BCUT2D eigenvalue weighted by Gasteiger charge is 2.05. The Morgan fingerprint density at radius 1 is 1.40 bits per heavy atom. The van der Waals surface area contributed by atoms with Crippen LogP contribution in [0, 0.1) is 0 Å². The van der Waals surface area contributed by atoms with Crippen LogP contribution in [0.5, 0.6) is 0 Å². The molecular weight excluding hydrogens is 234 g/mol. The maximum absolute atomic E-state index is 11.0. The molecule has 5 heteroatoms. The van der Waals surface area contributed by atoms with Crippen molar-refractivity contribution in [2.75, 3.05) is 11.0 Å². The van der Waals surface area contributed by atoms with Gasteiger partial charge in [-0.3, -0.25) is 4.72 Å². The van der Waals surface area contributed by atoms with Gasteiger partial charge in [0.05, 0.1) is 6.26 Å². The second-order valence-electron chi connectivity index (χ2n) is 3.43. The van der Waals surface area contributed by atoms with E-state index in [0.717, 1.165) is 24.7 Å². The zero-order valence-electron chi connectivity index (χ0n) is 8.75. The van der Waals surface area contributed by atoms with Gasteiger partial charge in [-0.1, -0.05) is 24.9 Å². The number of nitrogens with one attached hydrogen (secondary N) is 1. The average Bonchev–Trinajstić information content (AvgIpc) is 2.09. The second kappa shape index (κ2) is 4.86. The van der Waals surface area contributed by atoms with E-state index < -0.39 is 10.0 Å². The van der Waals surface area contributed by atoms with E-state index in [1.165, 1.54) is 0 Å². The van der Waals surface area contributed by atoms with Crippen molar-refractivity contribution < 1.29 is 8.42 Å². The van der Waals surface area contributed by atoms with E-state index in [2.05, 4.69) is 4.72 Å². The maximum Gasteiger partial charge on any atom is 0.229 e. The zero-order valence-corrected chi connectivity index (χ0v) is 10.3. The first-order valence-electron chi connectivity index (χ1n) is 4.68. The van der Waals surface area contributed by atoms with Crippen molar-refractivity contribution in [2.45, 2.75) is 19.8 Å². The molecule has 15 heavy (non-hydrogen) atoms. The Kier molecular flexibility index (Phi) is 3.99. The van der Waals surface area contributed by atoms with E-state index in [9.17, 15) is 8.42 Å². The molecular formula is C10H14ClNO2S. The Labute approximate surface area is 95.5 Å². The molecule has 1 aromatic carbocycles. The van der Waals surface area contributed by atoms with Crippen LogP contribution in [0.3, 0.4) is 0 Å². The fourth-order valence-corrected chi connectivity index (χ4v) is 2.08. The van der Waals surface area contributed by atoms with Gasteiger partial charge in [-0.15, -0.1) is 0 Å². The number of rotatable bonds is 4. The van der Waals surface area contributed by atoms with Gasteiger partial charge in [0.25, 0.3) is 0 Å². The highest BCUT2D eigenvalue weighted by Crippen LogP contribution is 2.22. The quantitative estimate of drug-likeness (QED) is 0.889. The van der Waals surface area contributed by atoms with Crippen molar-refractivity contribution >= 4 is 27.3 Å². The Hall–Kier alpha value is -0.740. The molecule has 0 fully saturated rings. The third-order valence-electron chi connectivity index (χ3n) is 1.87. The summed E-state index contributed by atoms with van der Waals surface area (Å²) in [6.45, 7) is 2.05. The van der Waals surface area contributed by atoms with Gasteiger partial charge in [-0.2, -0.15) is 0 Å². The predicted octanol–water partition coefficient (Wildman–Crippen LogP) is 2.66. The van der Waals surface area contributed by atoms with Gasteiger partial charge in [0.15, 0.2) is 0 Å². The van der Waals surface area contributed by atoms with Crippen LogP contribution in [0.1, 0.15) is 18.9 Å². The van der Waals surface area contributed by atoms with Crippen LogP contribution in [-0.2, 0) is 16.4 Å². The lowest BCUT2D eigenvalue weighted by Gasteiger charge is -2.07. The lowest BCUT2D eigenvalue weighted by Crippen LogP contribution is -2.09. The fourth-order valence-electron chi connectivity index (χ4n) is 1.31. The first-order valence-corrected chi connectivity index (χ1v) is 6.95. The van der Waals surface area contributed by atoms with Gasteiger partial charge in [0, 0.05) is 10.7 Å². The Morgan fingerprint density at radius 3 is 2.60 bits per heavy atom. The molecule has 1 N–H and O–H groups in total. The van der Waals surface area contributed by atoms with Crippen molar-refractivity contribution in [1.82, 2.24) is 0 Å². The summed E-state index contributed by atoms with van der Waals surface area (Å²) < 4.78 is 24.4. The van der Waals surface area contributed by atoms with E-state index in [4.69, 9.17) is 11.6 Å². The van der Waals surface area contributed by atoms with Crippen molar-refractivity contribution in [3.8, 4) is 0 Å². The van der Waals surface area contributed by atoms with Crippen LogP contribution >= 0.6 is 11.6 Å². The SMILES string of the molecule is CCCc1cc(NS(C)(=O)=O)ccc1Cl. The second-order valence-corrected chi connectivity index (χ2v) is 5.59. The summed E-state index contributed by atoms with van der Waals surface area (Å²) in [6, 6.07) is 5.13. The van der Waals surface area contributed by atoms with Crippen LogP contribution < -0.4 is 4.72 Å². The standard InChI is InChI=1S/C10H14ClNO2S/c1-3-4-8-7-9(5-6-10(8)11)12-15(2,13)14/h5-7,12H,3-4H2,1-2H3. The molecule has 0 aliphatic carbocycles. The minimum absolute atomic E-state index is 0.561. The van der Waals surface area contributed by atoms with E-state index in [-0.39, 0.29) is 0 Å². The number of hydrogen-bond donors (Lipinski definition) is 1. The van der Waals surface area contributed by atoms with E-state index in [1.54, 1.807) is 18.2 Å². The molecule has 0 saturated heterocycles. The van der Waals surface area contributed by atoms with E-state index >= 15 is 0 Å². The summed E-state index contributed by atoms with van der Waals surface area (Å²) in [5.41, 5.74) is 1.53. The smallest absolute Gasteiger partial charge is 0.229 e. The van der Waals surface area contributed by atoms with Crippen LogP contribution in [0.25, 0.3) is 0 Å². The summed E-state index contributed by atoms with van der Waals surface area (Å²) in [4.78, 5) is 0. The molecule has 1 rings (SSSR count). The molecule has 0 radical (unpaired) electrons. The van der Waals surface area contributed by atoms with Gasteiger partial charge >= 0.3 is 0 Å². The predicted molar refractivity (Wildman–Crippen MR) is 63.9 cm³/mol. The van der Waals surface area contributed by atoms with Crippen molar-refractivity contribution in [3.05, 3.63) is 28.8 Å². The summed E-state index contributed by atoms with van der Waals surface area (Å²) in [5, 5.41) is 0.677. The van der Waals surface area contributed by atoms with Gasteiger partial charge in [0.2, 0.25) is 10.0 Å². The molecule has 0 aliphatic rings. The molecule has 0 aliphatic heterocycles. The minimum atomic E-state index is -3.21. The van der Waals surface area contributed by atoms with Crippen molar-refractivity contribution in [2.24, 2.45) is 0 Å². The number of sulfonamides is 1. The molecule has 84 valence electrons. The van der Waals surface area contributed by atoms with E-state index in [0.29, 0.717) is 10.7 Å². The average molecular weight is 248 g/mol. The van der Waals surface area contributed by atoms with Crippen LogP contribution in [0.4, 0.5) is 5.69 Å². The first-order chi connectivity index (χ1) is 6.92. The zero-order chi connectivity index (χ0) is 11.5. The minimum Gasteiger partial charge on any atom is -0.284 e. The third kappa shape index (κ3) is 4.10. The van der Waals surface area contributed by atoms with Gasteiger partial charge < -0.3 is 0 Å². The van der Waals surface area contributed by atoms with Gasteiger partial charge in [0.1, 0.15) is 0 Å². The lowest BCUT2D eigenvalue weighted by molar-refractivity contribution is 0.607.